The molecule has 1 saturated carbocycles. The van der Waals surface area contributed by atoms with Crippen molar-refractivity contribution >= 4 is 6.08 Å². The van der Waals surface area contributed by atoms with Crippen LogP contribution in [0.3, 0.4) is 0 Å². The molecule has 0 unspecified atom stereocenters. The number of ether oxygens (including phenoxy) is 2. The van der Waals surface area contributed by atoms with Gasteiger partial charge in [-0.3, -0.25) is 0 Å². The van der Waals surface area contributed by atoms with Crippen LogP contribution in [-0.4, -0.2) is 20.3 Å². The highest BCUT2D eigenvalue weighted by Crippen LogP contribution is 2.51. The van der Waals surface area contributed by atoms with Gasteiger partial charge in [0.1, 0.15) is 17.0 Å². The molecule has 1 fully saturated rings. The molecule has 0 amide bonds. The Morgan fingerprint density at radius 2 is 1.95 bits per heavy atom. The maximum Gasteiger partial charge on any atom is 0.235 e. The van der Waals surface area contributed by atoms with Crippen LogP contribution in [0.2, 0.25) is 0 Å². The summed E-state index contributed by atoms with van der Waals surface area (Å²) in [5.74, 6) is 1.86. The van der Waals surface area contributed by atoms with Crippen LogP contribution in [-0.2, 0) is 10.3 Å². The third kappa shape index (κ3) is 2.20. The lowest BCUT2D eigenvalue weighted by atomic mass is 9.71. The van der Waals surface area contributed by atoms with Crippen LogP contribution in [0.5, 0.6) is 11.5 Å². The number of hydrogen-bond donors (Lipinski definition) is 0. The van der Waals surface area contributed by atoms with E-state index in [0.717, 1.165) is 41.9 Å². The Bertz CT molecular complexity index is 541. The highest BCUT2D eigenvalue weighted by molar-refractivity contribution is 5.56. The van der Waals surface area contributed by atoms with Crippen molar-refractivity contribution < 1.29 is 14.3 Å². The van der Waals surface area contributed by atoms with Crippen LogP contribution in [0, 0.1) is 0 Å². The molecule has 0 N–H and O–H groups in total. The predicted octanol–water partition coefficient (Wildman–Crippen LogP) is 3.54. The van der Waals surface area contributed by atoms with E-state index in [4.69, 9.17) is 9.47 Å². The topological polar surface area (TPSA) is 47.9 Å². The Labute approximate surface area is 119 Å². The average Bonchev–Trinajstić information content (AvgIpc) is 2.41. The molecular formula is C16H21NO3. The van der Waals surface area contributed by atoms with Gasteiger partial charge in [-0.15, -0.1) is 0 Å². The first-order valence-corrected chi connectivity index (χ1v) is 6.94. The second-order valence-electron chi connectivity index (χ2n) is 5.51. The smallest absolute Gasteiger partial charge is 0.235 e. The molecule has 1 aromatic carbocycles. The van der Waals surface area contributed by atoms with Crippen molar-refractivity contribution in [1.29, 1.82) is 0 Å². The van der Waals surface area contributed by atoms with Crippen LogP contribution in [0.25, 0.3) is 0 Å². The third-order valence-corrected chi connectivity index (χ3v) is 4.10. The van der Waals surface area contributed by atoms with Gasteiger partial charge in [0, 0.05) is 11.1 Å². The molecule has 0 radical (unpaired) electrons. The van der Waals surface area contributed by atoms with Gasteiger partial charge < -0.3 is 9.47 Å². The van der Waals surface area contributed by atoms with Crippen LogP contribution < -0.4 is 9.47 Å². The summed E-state index contributed by atoms with van der Waals surface area (Å²) < 4.78 is 11.1. The van der Waals surface area contributed by atoms with Crippen molar-refractivity contribution in [3.63, 3.8) is 0 Å². The molecule has 1 aromatic rings. The third-order valence-electron chi connectivity index (χ3n) is 4.10. The first kappa shape index (κ1) is 14.6. The Morgan fingerprint density at radius 3 is 2.35 bits per heavy atom. The Balaban J connectivity index is 2.65. The van der Waals surface area contributed by atoms with Gasteiger partial charge in [0.2, 0.25) is 6.08 Å². The summed E-state index contributed by atoms with van der Waals surface area (Å²) in [6.45, 7) is 4.20. The molecule has 4 heteroatoms. The molecule has 1 aliphatic rings. The molecule has 0 bridgehead atoms. The maximum atomic E-state index is 10.8. The molecule has 0 atom stereocenters. The SMILES string of the molecule is COc1ccc(C2(N=C=O)CCC2)c(OC)c1C(C)C. The summed E-state index contributed by atoms with van der Waals surface area (Å²) in [6, 6.07) is 3.90. The fraction of sp³-hybridized carbons (Fsp3) is 0.562. The van der Waals surface area contributed by atoms with Crippen molar-refractivity contribution in [2.24, 2.45) is 4.99 Å². The average molecular weight is 275 g/mol. The van der Waals surface area contributed by atoms with E-state index in [-0.39, 0.29) is 5.92 Å². The molecule has 0 spiro atoms. The van der Waals surface area contributed by atoms with E-state index < -0.39 is 5.54 Å². The number of aliphatic imine (C=N–C) groups is 1. The van der Waals surface area contributed by atoms with Crippen molar-refractivity contribution in [3.05, 3.63) is 23.3 Å². The van der Waals surface area contributed by atoms with Gasteiger partial charge in [-0.2, -0.15) is 4.99 Å². The fourth-order valence-corrected chi connectivity index (χ4v) is 2.93. The van der Waals surface area contributed by atoms with Crippen LogP contribution in [0.15, 0.2) is 17.1 Å². The van der Waals surface area contributed by atoms with E-state index in [9.17, 15) is 4.79 Å². The van der Waals surface area contributed by atoms with Gasteiger partial charge in [0.05, 0.1) is 14.2 Å². The molecule has 0 aliphatic heterocycles. The first-order chi connectivity index (χ1) is 9.59. The number of isocyanates is 1. The maximum absolute atomic E-state index is 10.8. The summed E-state index contributed by atoms with van der Waals surface area (Å²) in [7, 11) is 3.31. The highest BCUT2D eigenvalue weighted by Gasteiger charge is 2.42. The molecule has 108 valence electrons. The lowest BCUT2D eigenvalue weighted by Crippen LogP contribution is -2.32. The van der Waals surface area contributed by atoms with E-state index in [1.807, 2.05) is 12.1 Å². The Hall–Kier alpha value is -1.80. The summed E-state index contributed by atoms with van der Waals surface area (Å²) in [5, 5.41) is 0. The van der Waals surface area contributed by atoms with E-state index >= 15 is 0 Å². The molecule has 1 aliphatic carbocycles. The fourth-order valence-electron chi connectivity index (χ4n) is 2.93. The zero-order valence-electron chi connectivity index (χ0n) is 12.5. The van der Waals surface area contributed by atoms with Crippen molar-refractivity contribution in [3.8, 4) is 11.5 Å². The summed E-state index contributed by atoms with van der Waals surface area (Å²) in [6.07, 6.45) is 4.52. The largest absolute Gasteiger partial charge is 0.496 e. The second-order valence-corrected chi connectivity index (χ2v) is 5.51. The zero-order chi connectivity index (χ0) is 14.8. The van der Waals surface area contributed by atoms with Crippen LogP contribution >= 0.6 is 0 Å². The monoisotopic (exact) mass is 275 g/mol. The predicted molar refractivity (Wildman–Crippen MR) is 77.3 cm³/mol. The summed E-state index contributed by atoms with van der Waals surface area (Å²) in [5.41, 5.74) is 1.54. The van der Waals surface area contributed by atoms with Crippen molar-refractivity contribution in [2.45, 2.75) is 44.6 Å². The minimum absolute atomic E-state index is 0.261. The number of carbonyl (C=O) groups excluding carboxylic acids is 1. The highest BCUT2D eigenvalue weighted by atomic mass is 16.5. The van der Waals surface area contributed by atoms with Gasteiger partial charge in [-0.1, -0.05) is 13.8 Å². The Kier molecular flexibility index (Phi) is 4.15. The van der Waals surface area contributed by atoms with Gasteiger partial charge in [-0.05, 0) is 37.3 Å². The molecule has 2 rings (SSSR count). The quantitative estimate of drug-likeness (QED) is 0.610. The molecule has 0 heterocycles. The summed E-state index contributed by atoms with van der Waals surface area (Å²) >= 11 is 0. The molecule has 0 saturated heterocycles. The second kappa shape index (κ2) is 5.68. The number of hydrogen-bond acceptors (Lipinski definition) is 4. The first-order valence-electron chi connectivity index (χ1n) is 6.94. The molecular weight excluding hydrogens is 254 g/mol. The van der Waals surface area contributed by atoms with Gasteiger partial charge in [0.15, 0.2) is 0 Å². The lowest BCUT2D eigenvalue weighted by Gasteiger charge is -2.38. The van der Waals surface area contributed by atoms with E-state index in [2.05, 4.69) is 18.8 Å². The summed E-state index contributed by atoms with van der Waals surface area (Å²) in [4.78, 5) is 14.8. The zero-order valence-corrected chi connectivity index (χ0v) is 12.5. The normalized spacial score (nSPS) is 16.2. The number of nitrogens with zero attached hydrogens (tertiary/aromatic N) is 1. The van der Waals surface area contributed by atoms with Crippen LogP contribution in [0.4, 0.5) is 0 Å². The van der Waals surface area contributed by atoms with Crippen LogP contribution in [0.1, 0.15) is 50.2 Å². The molecule has 20 heavy (non-hydrogen) atoms. The number of rotatable bonds is 5. The van der Waals surface area contributed by atoms with Gasteiger partial charge in [-0.25, -0.2) is 4.79 Å². The lowest BCUT2D eigenvalue weighted by molar-refractivity contribution is 0.244. The van der Waals surface area contributed by atoms with E-state index in [1.165, 1.54) is 0 Å². The number of benzene rings is 1. The molecule has 0 aromatic heterocycles. The van der Waals surface area contributed by atoms with E-state index in [0.29, 0.717) is 0 Å². The molecule has 4 nitrogen and oxygen atoms in total. The minimum atomic E-state index is -0.455. The van der Waals surface area contributed by atoms with Crippen molar-refractivity contribution in [1.82, 2.24) is 0 Å². The van der Waals surface area contributed by atoms with E-state index in [1.54, 1.807) is 20.3 Å². The number of methoxy groups -OCH3 is 2. The van der Waals surface area contributed by atoms with Crippen molar-refractivity contribution in [2.75, 3.05) is 14.2 Å². The Morgan fingerprint density at radius 1 is 1.25 bits per heavy atom. The van der Waals surface area contributed by atoms with Gasteiger partial charge in [0.25, 0.3) is 0 Å². The minimum Gasteiger partial charge on any atom is -0.496 e. The van der Waals surface area contributed by atoms with Gasteiger partial charge >= 0.3 is 0 Å². The standard InChI is InChI=1S/C16H21NO3/c1-11(2)14-13(19-3)7-6-12(15(14)20-4)16(17-10-18)8-5-9-16/h6-7,11H,5,8-9H2,1-4H3.